The number of carbonyl (C=O) groups excluding carboxylic acids is 2. The van der Waals surface area contributed by atoms with Crippen LogP contribution in [0.15, 0.2) is 58.2 Å². The topological polar surface area (TPSA) is 55.8 Å². The summed E-state index contributed by atoms with van der Waals surface area (Å²) in [5.41, 5.74) is 3.13. The van der Waals surface area contributed by atoms with Gasteiger partial charge in [-0.3, -0.25) is 14.5 Å². The van der Waals surface area contributed by atoms with Crippen LogP contribution in [-0.4, -0.2) is 25.9 Å². The van der Waals surface area contributed by atoms with E-state index in [9.17, 15) is 9.59 Å². The Morgan fingerprint density at radius 1 is 1.03 bits per heavy atom. The van der Waals surface area contributed by atoms with Gasteiger partial charge in [-0.25, -0.2) is 0 Å². The molecule has 4 rings (SSSR count). The van der Waals surface area contributed by atoms with Crippen molar-refractivity contribution >= 4 is 33.3 Å². The molecule has 0 fully saturated rings. The molecule has 6 heteroatoms. The molecule has 1 heterocycles. The first-order valence-corrected chi connectivity index (χ1v) is 10.4. The Morgan fingerprint density at radius 3 is 2.59 bits per heavy atom. The van der Waals surface area contributed by atoms with Gasteiger partial charge in [-0.05, 0) is 49.2 Å². The standard InChI is InChI=1S/C23H22BrNO4/c1-28-16-9-10-21(29-2)17(12-16)18-13-22(27)25(15-6-3-5-14(24)11-15)19-7-4-8-20(26)23(18)19/h3,5-6,9-12,18H,4,7-8,13H2,1-2H3. The van der Waals surface area contributed by atoms with E-state index >= 15 is 0 Å². The van der Waals surface area contributed by atoms with Crippen molar-refractivity contribution in [2.45, 2.75) is 31.6 Å². The largest absolute Gasteiger partial charge is 0.497 e. The SMILES string of the molecule is COc1ccc(OC)c(C2CC(=O)N(c3cccc(Br)c3)C3=C2C(=O)CCC3)c1. The molecule has 5 nitrogen and oxygen atoms in total. The number of anilines is 1. The Bertz CT molecular complexity index is 1010. The molecule has 1 atom stereocenters. The van der Waals surface area contributed by atoms with Gasteiger partial charge < -0.3 is 9.47 Å². The van der Waals surface area contributed by atoms with Crippen LogP contribution in [0.3, 0.4) is 0 Å². The number of methoxy groups -OCH3 is 2. The van der Waals surface area contributed by atoms with Crippen LogP contribution >= 0.6 is 15.9 Å². The summed E-state index contributed by atoms with van der Waals surface area (Å²) in [6.45, 7) is 0. The number of rotatable bonds is 4. The van der Waals surface area contributed by atoms with Crippen LogP contribution < -0.4 is 14.4 Å². The van der Waals surface area contributed by atoms with E-state index in [-0.39, 0.29) is 24.0 Å². The number of nitrogens with zero attached hydrogens (tertiary/aromatic N) is 1. The molecule has 0 spiro atoms. The molecule has 29 heavy (non-hydrogen) atoms. The Morgan fingerprint density at radius 2 is 1.86 bits per heavy atom. The van der Waals surface area contributed by atoms with Crippen molar-refractivity contribution in [3.8, 4) is 11.5 Å². The van der Waals surface area contributed by atoms with Gasteiger partial charge in [0.2, 0.25) is 5.91 Å². The molecule has 150 valence electrons. The van der Waals surface area contributed by atoms with Gasteiger partial charge in [-0.1, -0.05) is 22.0 Å². The van der Waals surface area contributed by atoms with E-state index in [0.29, 0.717) is 24.3 Å². The average Bonchev–Trinajstić information content (AvgIpc) is 2.72. The minimum Gasteiger partial charge on any atom is -0.497 e. The first kappa shape index (κ1) is 19.7. The number of Topliss-reactive ketones (excluding diaryl/α,β-unsaturated/α-hetero) is 1. The van der Waals surface area contributed by atoms with Crippen molar-refractivity contribution in [2.24, 2.45) is 0 Å². The fourth-order valence-corrected chi connectivity index (χ4v) is 4.67. The van der Waals surface area contributed by atoms with Gasteiger partial charge in [0.15, 0.2) is 5.78 Å². The van der Waals surface area contributed by atoms with Crippen molar-refractivity contribution in [3.05, 3.63) is 63.8 Å². The molecule has 2 aromatic rings. The van der Waals surface area contributed by atoms with Gasteiger partial charge >= 0.3 is 0 Å². The number of hydrogen-bond acceptors (Lipinski definition) is 4. The van der Waals surface area contributed by atoms with Gasteiger partial charge in [-0.15, -0.1) is 0 Å². The third-order valence-electron chi connectivity index (χ3n) is 5.55. The molecule has 0 saturated heterocycles. The second-order valence-corrected chi connectivity index (χ2v) is 8.13. The summed E-state index contributed by atoms with van der Waals surface area (Å²) in [5.74, 6) is 1.08. The lowest BCUT2D eigenvalue weighted by atomic mass is 9.76. The second-order valence-electron chi connectivity index (χ2n) is 7.21. The zero-order chi connectivity index (χ0) is 20.5. The van der Waals surface area contributed by atoms with Gasteiger partial charge in [0.1, 0.15) is 11.5 Å². The number of ketones is 1. The van der Waals surface area contributed by atoms with Crippen molar-refractivity contribution in [1.29, 1.82) is 0 Å². The number of halogens is 1. The number of amides is 1. The van der Waals surface area contributed by atoms with Crippen molar-refractivity contribution in [3.63, 3.8) is 0 Å². The smallest absolute Gasteiger partial charge is 0.232 e. The molecule has 0 N–H and O–H groups in total. The highest BCUT2D eigenvalue weighted by atomic mass is 79.9. The lowest BCUT2D eigenvalue weighted by Gasteiger charge is -2.38. The van der Waals surface area contributed by atoms with Crippen LogP contribution in [0.25, 0.3) is 0 Å². The Kier molecular flexibility index (Phi) is 5.46. The van der Waals surface area contributed by atoms with Crippen LogP contribution in [0.4, 0.5) is 5.69 Å². The average molecular weight is 456 g/mol. The number of allylic oxidation sites excluding steroid dienone is 2. The number of carbonyl (C=O) groups is 2. The zero-order valence-electron chi connectivity index (χ0n) is 16.4. The maximum atomic E-state index is 13.3. The Hall–Kier alpha value is -2.60. The fraction of sp³-hybridized carbons (Fsp3) is 0.304. The molecule has 0 bridgehead atoms. The molecule has 0 radical (unpaired) electrons. The quantitative estimate of drug-likeness (QED) is 0.651. The lowest BCUT2D eigenvalue weighted by Crippen LogP contribution is -2.40. The minimum atomic E-state index is -0.334. The second kappa shape index (κ2) is 8.03. The molecule has 0 saturated carbocycles. The van der Waals surface area contributed by atoms with Crippen molar-refractivity contribution < 1.29 is 19.1 Å². The highest BCUT2D eigenvalue weighted by Crippen LogP contribution is 2.46. The highest BCUT2D eigenvalue weighted by molar-refractivity contribution is 9.10. The van der Waals surface area contributed by atoms with Gasteiger partial charge in [0.05, 0.1) is 14.2 Å². The van der Waals surface area contributed by atoms with Crippen molar-refractivity contribution in [2.75, 3.05) is 19.1 Å². The summed E-state index contributed by atoms with van der Waals surface area (Å²) < 4.78 is 11.8. The maximum Gasteiger partial charge on any atom is 0.232 e. The summed E-state index contributed by atoms with van der Waals surface area (Å²) in [6, 6.07) is 13.1. The number of benzene rings is 2. The maximum absolute atomic E-state index is 13.3. The minimum absolute atomic E-state index is 0.0218. The molecule has 1 unspecified atom stereocenters. The Labute approximate surface area is 178 Å². The Balaban J connectivity index is 1.89. The molecular formula is C23H22BrNO4. The molecule has 2 aromatic carbocycles. The van der Waals surface area contributed by atoms with E-state index in [1.807, 2.05) is 42.5 Å². The van der Waals surface area contributed by atoms with Crippen molar-refractivity contribution in [1.82, 2.24) is 0 Å². The van der Waals surface area contributed by atoms with Crippen LogP contribution in [0.1, 0.15) is 37.2 Å². The molecule has 1 aliphatic heterocycles. The summed E-state index contributed by atoms with van der Waals surface area (Å²) in [5, 5.41) is 0. The predicted octanol–water partition coefficient (Wildman–Crippen LogP) is 4.99. The van der Waals surface area contributed by atoms with E-state index in [1.165, 1.54) is 0 Å². The summed E-state index contributed by atoms with van der Waals surface area (Å²) in [7, 11) is 3.20. The number of ether oxygens (including phenoxy) is 2. The van der Waals surface area contributed by atoms with E-state index in [2.05, 4.69) is 15.9 Å². The van der Waals surface area contributed by atoms with E-state index < -0.39 is 0 Å². The summed E-state index contributed by atoms with van der Waals surface area (Å²) in [6.07, 6.45) is 2.16. The molecule has 0 aromatic heterocycles. The normalized spacial score (nSPS) is 19.3. The highest BCUT2D eigenvalue weighted by Gasteiger charge is 2.40. The zero-order valence-corrected chi connectivity index (χ0v) is 18.0. The van der Waals surface area contributed by atoms with Gasteiger partial charge in [0, 0.05) is 45.8 Å². The van der Waals surface area contributed by atoms with Gasteiger partial charge in [-0.2, -0.15) is 0 Å². The molecule has 1 aliphatic carbocycles. The van der Waals surface area contributed by atoms with Gasteiger partial charge in [0.25, 0.3) is 0 Å². The van der Waals surface area contributed by atoms with Crippen LogP contribution in [0, 0.1) is 0 Å². The molecular weight excluding hydrogens is 434 g/mol. The third kappa shape index (κ3) is 3.57. The fourth-order valence-electron chi connectivity index (χ4n) is 4.29. The molecule has 2 aliphatic rings. The predicted molar refractivity (Wildman–Crippen MR) is 114 cm³/mol. The summed E-state index contributed by atoms with van der Waals surface area (Å²) in [4.78, 5) is 28.1. The summed E-state index contributed by atoms with van der Waals surface area (Å²) >= 11 is 3.48. The molecule has 1 amide bonds. The van der Waals surface area contributed by atoms with E-state index in [0.717, 1.165) is 33.4 Å². The number of hydrogen-bond donors (Lipinski definition) is 0. The third-order valence-corrected chi connectivity index (χ3v) is 6.05. The van der Waals surface area contributed by atoms with E-state index in [4.69, 9.17) is 9.47 Å². The van der Waals surface area contributed by atoms with Crippen LogP contribution in [0.5, 0.6) is 11.5 Å². The lowest BCUT2D eigenvalue weighted by molar-refractivity contribution is -0.119. The first-order valence-electron chi connectivity index (χ1n) is 9.60. The first-order chi connectivity index (χ1) is 14.0. The van der Waals surface area contributed by atoms with E-state index in [1.54, 1.807) is 19.1 Å². The monoisotopic (exact) mass is 455 g/mol. The van der Waals surface area contributed by atoms with Crippen LogP contribution in [0.2, 0.25) is 0 Å². The van der Waals surface area contributed by atoms with Crippen LogP contribution in [-0.2, 0) is 9.59 Å².